The summed E-state index contributed by atoms with van der Waals surface area (Å²) in [6.45, 7) is 9.39. The summed E-state index contributed by atoms with van der Waals surface area (Å²) in [7, 11) is 1.86. The Morgan fingerprint density at radius 2 is 2.00 bits per heavy atom. The van der Waals surface area contributed by atoms with Crippen LogP contribution < -0.4 is 15.0 Å². The molecule has 0 saturated carbocycles. The molecule has 2 aromatic carbocycles. The summed E-state index contributed by atoms with van der Waals surface area (Å²) in [5, 5.41) is 11.6. The van der Waals surface area contributed by atoms with Gasteiger partial charge in [0.15, 0.2) is 5.82 Å². The number of benzene rings is 2. The normalized spacial score (nSPS) is 15.4. The third-order valence-corrected chi connectivity index (χ3v) is 6.98. The standard InChI is InChI=1S/C28H28N10O2/c1-5-25(39)37-10-11-38(18(3)15-37)28-29-14-22-26(33-28)27(31-16-30-22)32-19-6-9-24(17(2)12-19)40-20-7-8-23-21(13-20)34-35-36(23)4/h5-9,12-14,16,18H,1,10-11,15H2,2-4H3,(H,30,31,32)/t18-/m0/s1. The summed E-state index contributed by atoms with van der Waals surface area (Å²) in [5.41, 5.74) is 4.73. The average molecular weight is 537 g/mol. The van der Waals surface area contributed by atoms with E-state index in [1.54, 1.807) is 15.8 Å². The number of aryl methyl sites for hydroxylation is 2. The number of hydrogen-bond donors (Lipinski definition) is 1. The van der Waals surface area contributed by atoms with E-state index in [4.69, 9.17) is 9.72 Å². The van der Waals surface area contributed by atoms with Crippen LogP contribution in [-0.4, -0.2) is 71.4 Å². The predicted molar refractivity (Wildman–Crippen MR) is 152 cm³/mol. The molecular formula is C28H28N10O2. The van der Waals surface area contributed by atoms with Crippen LogP contribution in [0.2, 0.25) is 0 Å². The molecule has 0 radical (unpaired) electrons. The maximum absolute atomic E-state index is 12.1. The zero-order chi connectivity index (χ0) is 27.8. The molecule has 40 heavy (non-hydrogen) atoms. The van der Waals surface area contributed by atoms with E-state index in [1.807, 2.05) is 50.4 Å². The Kier molecular flexibility index (Phi) is 6.42. The lowest BCUT2D eigenvalue weighted by atomic mass is 10.2. The molecule has 1 fully saturated rings. The van der Waals surface area contributed by atoms with E-state index >= 15 is 0 Å². The van der Waals surface area contributed by atoms with Crippen LogP contribution in [0.3, 0.4) is 0 Å². The maximum atomic E-state index is 12.1. The van der Waals surface area contributed by atoms with Gasteiger partial charge < -0.3 is 19.9 Å². The number of aromatic nitrogens is 7. The van der Waals surface area contributed by atoms with Gasteiger partial charge in [0, 0.05) is 44.5 Å². The first-order valence-electron chi connectivity index (χ1n) is 12.9. The number of anilines is 3. The number of piperazine rings is 1. The molecule has 1 aliphatic heterocycles. The summed E-state index contributed by atoms with van der Waals surface area (Å²) in [4.78, 5) is 34.1. The molecule has 12 heteroatoms. The zero-order valence-electron chi connectivity index (χ0n) is 22.4. The smallest absolute Gasteiger partial charge is 0.246 e. The van der Waals surface area contributed by atoms with Gasteiger partial charge in [-0.3, -0.25) is 4.79 Å². The number of nitrogens with zero attached hydrogens (tertiary/aromatic N) is 9. The molecular weight excluding hydrogens is 508 g/mol. The van der Waals surface area contributed by atoms with Gasteiger partial charge in [0.1, 0.15) is 34.4 Å². The Morgan fingerprint density at radius 1 is 1.12 bits per heavy atom. The number of ether oxygens (including phenoxy) is 1. The first-order valence-corrected chi connectivity index (χ1v) is 12.9. The number of carbonyl (C=O) groups excluding carboxylic acids is 1. The minimum absolute atomic E-state index is 0.0426. The van der Waals surface area contributed by atoms with Crippen LogP contribution in [0.4, 0.5) is 17.5 Å². The van der Waals surface area contributed by atoms with Gasteiger partial charge in [0.05, 0.1) is 11.7 Å². The van der Waals surface area contributed by atoms with Crippen molar-refractivity contribution in [2.75, 3.05) is 29.9 Å². The van der Waals surface area contributed by atoms with Crippen LogP contribution in [0.25, 0.3) is 22.1 Å². The van der Waals surface area contributed by atoms with E-state index in [0.29, 0.717) is 48.2 Å². The zero-order valence-corrected chi connectivity index (χ0v) is 22.4. The van der Waals surface area contributed by atoms with Gasteiger partial charge in [-0.2, -0.15) is 0 Å². The second-order valence-electron chi connectivity index (χ2n) is 9.73. The summed E-state index contributed by atoms with van der Waals surface area (Å²) in [6.07, 6.45) is 4.54. The Morgan fingerprint density at radius 3 is 2.80 bits per heavy atom. The number of hydrogen-bond acceptors (Lipinski definition) is 10. The molecule has 1 N–H and O–H groups in total. The Labute approximate surface area is 230 Å². The monoisotopic (exact) mass is 536 g/mol. The molecule has 12 nitrogen and oxygen atoms in total. The van der Waals surface area contributed by atoms with Crippen molar-refractivity contribution in [2.45, 2.75) is 19.9 Å². The van der Waals surface area contributed by atoms with Crippen LogP contribution in [0.15, 0.2) is 61.6 Å². The summed E-state index contributed by atoms with van der Waals surface area (Å²) >= 11 is 0. The lowest BCUT2D eigenvalue weighted by Crippen LogP contribution is -2.54. The topological polar surface area (TPSA) is 127 Å². The third kappa shape index (κ3) is 4.75. The quantitative estimate of drug-likeness (QED) is 0.320. The summed E-state index contributed by atoms with van der Waals surface area (Å²) in [5.74, 6) is 2.50. The SMILES string of the molecule is C=CC(=O)N1CCN(c2ncc3ncnc(Nc4ccc(Oc5ccc6c(c5)nnn6C)c(C)c4)c3n2)[C@@H](C)C1. The van der Waals surface area contributed by atoms with Gasteiger partial charge in [0.25, 0.3) is 0 Å². The Hall–Kier alpha value is -5.13. The fourth-order valence-electron chi connectivity index (χ4n) is 4.85. The van der Waals surface area contributed by atoms with Crippen molar-refractivity contribution < 1.29 is 9.53 Å². The molecule has 0 bridgehead atoms. The number of rotatable bonds is 6. The van der Waals surface area contributed by atoms with E-state index in [1.165, 1.54) is 12.4 Å². The van der Waals surface area contributed by atoms with Gasteiger partial charge in [-0.1, -0.05) is 11.8 Å². The lowest BCUT2D eigenvalue weighted by Gasteiger charge is -2.39. The highest BCUT2D eigenvalue weighted by Gasteiger charge is 2.27. The summed E-state index contributed by atoms with van der Waals surface area (Å²) < 4.78 is 7.86. The van der Waals surface area contributed by atoms with Gasteiger partial charge in [-0.25, -0.2) is 24.6 Å². The number of amides is 1. The van der Waals surface area contributed by atoms with E-state index in [9.17, 15) is 4.79 Å². The van der Waals surface area contributed by atoms with Crippen molar-refractivity contribution in [3.8, 4) is 11.5 Å². The van der Waals surface area contributed by atoms with Crippen LogP contribution in [-0.2, 0) is 11.8 Å². The van der Waals surface area contributed by atoms with E-state index < -0.39 is 0 Å². The van der Waals surface area contributed by atoms with Crippen LogP contribution >= 0.6 is 0 Å². The molecule has 6 rings (SSSR count). The van der Waals surface area contributed by atoms with E-state index in [0.717, 1.165) is 28.0 Å². The fourth-order valence-corrected chi connectivity index (χ4v) is 4.85. The number of carbonyl (C=O) groups is 1. The highest BCUT2D eigenvalue weighted by Crippen LogP contribution is 2.31. The molecule has 0 aliphatic carbocycles. The molecule has 1 saturated heterocycles. The van der Waals surface area contributed by atoms with E-state index in [2.05, 4.69) is 49.0 Å². The molecule has 1 atom stereocenters. The predicted octanol–water partition coefficient (Wildman–Crippen LogP) is 3.77. The lowest BCUT2D eigenvalue weighted by molar-refractivity contribution is -0.126. The molecule has 0 unspecified atom stereocenters. The Bertz CT molecular complexity index is 1750. The van der Waals surface area contributed by atoms with Crippen molar-refractivity contribution in [1.29, 1.82) is 0 Å². The van der Waals surface area contributed by atoms with Crippen LogP contribution in [0.1, 0.15) is 12.5 Å². The minimum atomic E-state index is -0.0656. The van der Waals surface area contributed by atoms with E-state index in [-0.39, 0.29) is 11.9 Å². The van der Waals surface area contributed by atoms with Gasteiger partial charge in [-0.15, -0.1) is 5.10 Å². The number of nitrogens with one attached hydrogen (secondary N) is 1. The van der Waals surface area contributed by atoms with Gasteiger partial charge >= 0.3 is 0 Å². The molecule has 0 spiro atoms. The molecule has 202 valence electrons. The van der Waals surface area contributed by atoms with Crippen molar-refractivity contribution in [3.05, 3.63) is 67.1 Å². The van der Waals surface area contributed by atoms with Crippen molar-refractivity contribution >= 4 is 45.4 Å². The second-order valence-corrected chi connectivity index (χ2v) is 9.73. The summed E-state index contributed by atoms with van der Waals surface area (Å²) in [6, 6.07) is 11.6. The minimum Gasteiger partial charge on any atom is -0.457 e. The molecule has 1 amide bonds. The molecule has 5 aromatic rings. The van der Waals surface area contributed by atoms with Crippen molar-refractivity contribution in [2.24, 2.45) is 7.05 Å². The van der Waals surface area contributed by atoms with Crippen LogP contribution in [0, 0.1) is 6.92 Å². The van der Waals surface area contributed by atoms with Crippen molar-refractivity contribution in [3.63, 3.8) is 0 Å². The number of fused-ring (bicyclic) bond motifs is 2. The largest absolute Gasteiger partial charge is 0.457 e. The second kappa shape index (κ2) is 10.2. The van der Waals surface area contributed by atoms with Gasteiger partial charge in [-0.05, 0) is 55.8 Å². The highest BCUT2D eigenvalue weighted by atomic mass is 16.5. The molecule has 3 aromatic heterocycles. The van der Waals surface area contributed by atoms with Gasteiger partial charge in [0.2, 0.25) is 11.9 Å². The first kappa shape index (κ1) is 25.2. The maximum Gasteiger partial charge on any atom is 0.246 e. The third-order valence-electron chi connectivity index (χ3n) is 6.98. The Balaban J connectivity index is 1.22. The molecule has 1 aliphatic rings. The average Bonchev–Trinajstić information content (AvgIpc) is 3.33. The molecule has 4 heterocycles. The van der Waals surface area contributed by atoms with Crippen LogP contribution in [0.5, 0.6) is 11.5 Å². The van der Waals surface area contributed by atoms with Crippen molar-refractivity contribution in [1.82, 2.24) is 39.8 Å². The fraction of sp³-hybridized carbons (Fsp3) is 0.250. The highest BCUT2D eigenvalue weighted by molar-refractivity contribution is 5.88. The first-order chi connectivity index (χ1) is 19.4.